The van der Waals surface area contributed by atoms with Gasteiger partial charge in [0.2, 0.25) is 0 Å². The van der Waals surface area contributed by atoms with Gasteiger partial charge in [-0.05, 0) is 54.4 Å². The molecule has 0 aliphatic carbocycles. The number of nitrogens with zero attached hydrogens (tertiary/aromatic N) is 2. The second-order valence-electron chi connectivity index (χ2n) is 6.25. The molecule has 27 heavy (non-hydrogen) atoms. The van der Waals surface area contributed by atoms with E-state index in [4.69, 9.17) is 0 Å². The van der Waals surface area contributed by atoms with Crippen LogP contribution >= 0.6 is 15.9 Å². The molecule has 1 aromatic heterocycles. The Morgan fingerprint density at radius 1 is 1.00 bits per heavy atom. The lowest BCUT2D eigenvalue weighted by molar-refractivity contribution is 0.0988. The molecule has 0 bridgehead atoms. The summed E-state index contributed by atoms with van der Waals surface area (Å²) < 4.78 is 0.846. The molecular weight excluding hydrogens is 406 g/mol. The molecule has 134 valence electrons. The largest absolute Gasteiger partial charge is 0.322 e. The molecule has 1 N–H and O–H groups in total. The van der Waals surface area contributed by atoms with Gasteiger partial charge >= 0.3 is 0 Å². The molecule has 0 saturated carbocycles. The highest BCUT2D eigenvalue weighted by Crippen LogP contribution is 2.32. The van der Waals surface area contributed by atoms with Crippen molar-refractivity contribution < 1.29 is 9.59 Å². The molecule has 0 saturated heterocycles. The van der Waals surface area contributed by atoms with E-state index in [2.05, 4.69) is 26.2 Å². The third-order valence-electron chi connectivity index (χ3n) is 4.50. The van der Waals surface area contributed by atoms with Crippen molar-refractivity contribution in [1.29, 1.82) is 0 Å². The highest BCUT2D eigenvalue weighted by atomic mass is 79.9. The summed E-state index contributed by atoms with van der Waals surface area (Å²) in [6.07, 6.45) is 4.02. The molecule has 0 spiro atoms. The SMILES string of the molecule is O=C(Nc1ccc2c(c1)N(C(=O)c1ccncc1)CC2)c1cccc(Br)c1. The molecule has 0 fully saturated rings. The lowest BCUT2D eigenvalue weighted by Gasteiger charge is -2.18. The van der Waals surface area contributed by atoms with Gasteiger partial charge in [-0.2, -0.15) is 0 Å². The maximum absolute atomic E-state index is 12.8. The van der Waals surface area contributed by atoms with Crippen LogP contribution in [0.3, 0.4) is 0 Å². The number of carbonyl (C=O) groups excluding carboxylic acids is 2. The summed E-state index contributed by atoms with van der Waals surface area (Å²) in [5.74, 6) is -0.257. The molecule has 0 radical (unpaired) electrons. The van der Waals surface area contributed by atoms with E-state index < -0.39 is 0 Å². The monoisotopic (exact) mass is 421 g/mol. The van der Waals surface area contributed by atoms with E-state index in [0.29, 0.717) is 23.4 Å². The van der Waals surface area contributed by atoms with Gasteiger partial charge in [-0.1, -0.05) is 28.1 Å². The van der Waals surface area contributed by atoms with Crippen molar-refractivity contribution in [2.75, 3.05) is 16.8 Å². The van der Waals surface area contributed by atoms with Crippen LogP contribution in [-0.2, 0) is 6.42 Å². The van der Waals surface area contributed by atoms with Crippen LogP contribution in [0.4, 0.5) is 11.4 Å². The predicted octanol–water partition coefficient (Wildman–Crippen LogP) is 4.30. The van der Waals surface area contributed by atoms with Gasteiger partial charge < -0.3 is 10.2 Å². The number of hydrogen-bond acceptors (Lipinski definition) is 3. The third-order valence-corrected chi connectivity index (χ3v) is 4.99. The van der Waals surface area contributed by atoms with Gasteiger partial charge in [0, 0.05) is 45.9 Å². The molecule has 6 heteroatoms. The van der Waals surface area contributed by atoms with Crippen LogP contribution in [0, 0.1) is 0 Å². The normalized spacial score (nSPS) is 12.6. The van der Waals surface area contributed by atoms with Crippen molar-refractivity contribution in [1.82, 2.24) is 4.98 Å². The molecule has 2 amide bonds. The van der Waals surface area contributed by atoms with Crippen LogP contribution in [-0.4, -0.2) is 23.3 Å². The quantitative estimate of drug-likeness (QED) is 0.685. The number of pyridine rings is 1. The molecule has 5 nitrogen and oxygen atoms in total. The number of aromatic nitrogens is 1. The van der Waals surface area contributed by atoms with Crippen molar-refractivity contribution in [3.05, 3.63) is 88.2 Å². The van der Waals surface area contributed by atoms with E-state index >= 15 is 0 Å². The highest BCUT2D eigenvalue weighted by Gasteiger charge is 2.26. The van der Waals surface area contributed by atoms with Crippen molar-refractivity contribution in [2.45, 2.75) is 6.42 Å². The first-order valence-electron chi connectivity index (χ1n) is 8.53. The first-order valence-corrected chi connectivity index (χ1v) is 9.33. The number of halogens is 1. The molecule has 3 aromatic rings. The molecule has 1 aliphatic rings. The number of anilines is 2. The van der Waals surface area contributed by atoms with Gasteiger partial charge in [-0.25, -0.2) is 0 Å². The molecular formula is C21H16BrN3O2. The Balaban J connectivity index is 1.58. The number of rotatable bonds is 3. The fourth-order valence-corrected chi connectivity index (χ4v) is 3.55. The van der Waals surface area contributed by atoms with Gasteiger partial charge in [-0.3, -0.25) is 14.6 Å². The molecule has 0 atom stereocenters. The third kappa shape index (κ3) is 3.61. The Bertz CT molecular complexity index is 1020. The van der Waals surface area contributed by atoms with E-state index in [1.165, 1.54) is 0 Å². The summed E-state index contributed by atoms with van der Waals surface area (Å²) >= 11 is 3.37. The van der Waals surface area contributed by atoms with Gasteiger partial charge in [-0.15, -0.1) is 0 Å². The van der Waals surface area contributed by atoms with Crippen molar-refractivity contribution in [3.63, 3.8) is 0 Å². The van der Waals surface area contributed by atoms with Crippen LogP contribution in [0.2, 0.25) is 0 Å². The molecule has 4 rings (SSSR count). The van der Waals surface area contributed by atoms with Crippen LogP contribution in [0.1, 0.15) is 26.3 Å². The fraction of sp³-hybridized carbons (Fsp3) is 0.0952. The van der Waals surface area contributed by atoms with Crippen LogP contribution in [0.25, 0.3) is 0 Å². The first-order chi connectivity index (χ1) is 13.1. The molecule has 1 aliphatic heterocycles. The minimum atomic E-state index is -0.193. The highest BCUT2D eigenvalue weighted by molar-refractivity contribution is 9.10. The average Bonchev–Trinajstić information content (AvgIpc) is 3.11. The summed E-state index contributed by atoms with van der Waals surface area (Å²) in [7, 11) is 0. The summed E-state index contributed by atoms with van der Waals surface area (Å²) in [5, 5.41) is 2.91. The van der Waals surface area contributed by atoms with Gasteiger partial charge in [0.15, 0.2) is 0 Å². The first kappa shape index (κ1) is 17.4. The van der Waals surface area contributed by atoms with E-state index in [-0.39, 0.29) is 11.8 Å². The lowest BCUT2D eigenvalue weighted by atomic mass is 10.1. The summed E-state index contributed by atoms with van der Waals surface area (Å²) in [6.45, 7) is 0.625. The number of benzene rings is 2. The molecule has 0 unspecified atom stereocenters. The summed E-state index contributed by atoms with van der Waals surface area (Å²) in [5.41, 5.74) is 3.76. The summed E-state index contributed by atoms with van der Waals surface area (Å²) in [6, 6.07) is 16.3. The van der Waals surface area contributed by atoms with E-state index in [1.54, 1.807) is 41.6 Å². The van der Waals surface area contributed by atoms with E-state index in [9.17, 15) is 9.59 Å². The maximum atomic E-state index is 12.8. The average molecular weight is 422 g/mol. The smallest absolute Gasteiger partial charge is 0.258 e. The Morgan fingerprint density at radius 2 is 1.81 bits per heavy atom. The zero-order chi connectivity index (χ0) is 18.8. The lowest BCUT2D eigenvalue weighted by Crippen LogP contribution is -2.28. The number of fused-ring (bicyclic) bond motifs is 1. The standard InChI is InChI=1S/C21H16BrN3O2/c22-17-3-1-2-16(12-17)20(26)24-18-5-4-14-8-11-25(19(14)13-18)21(27)15-6-9-23-10-7-15/h1-7,9-10,12-13H,8,11H2,(H,24,26). The van der Waals surface area contributed by atoms with Crippen molar-refractivity contribution >= 4 is 39.1 Å². The Labute approximate surface area is 165 Å². The van der Waals surface area contributed by atoms with Gasteiger partial charge in [0.25, 0.3) is 11.8 Å². The zero-order valence-corrected chi connectivity index (χ0v) is 15.9. The Hall–Kier alpha value is -2.99. The van der Waals surface area contributed by atoms with Crippen LogP contribution in [0.5, 0.6) is 0 Å². The van der Waals surface area contributed by atoms with Crippen LogP contribution in [0.15, 0.2) is 71.5 Å². The van der Waals surface area contributed by atoms with Crippen molar-refractivity contribution in [3.8, 4) is 0 Å². The maximum Gasteiger partial charge on any atom is 0.258 e. The van der Waals surface area contributed by atoms with Crippen molar-refractivity contribution in [2.24, 2.45) is 0 Å². The second kappa shape index (κ2) is 7.32. The van der Waals surface area contributed by atoms with Gasteiger partial charge in [0.1, 0.15) is 0 Å². The van der Waals surface area contributed by atoms with Gasteiger partial charge in [0.05, 0.1) is 0 Å². The minimum absolute atomic E-state index is 0.0633. The second-order valence-corrected chi connectivity index (χ2v) is 7.17. The molecule has 2 heterocycles. The minimum Gasteiger partial charge on any atom is -0.322 e. The number of carbonyl (C=O) groups is 2. The van der Waals surface area contributed by atoms with Crippen LogP contribution < -0.4 is 10.2 Å². The Morgan fingerprint density at radius 3 is 2.59 bits per heavy atom. The fourth-order valence-electron chi connectivity index (χ4n) is 3.15. The predicted molar refractivity (Wildman–Crippen MR) is 108 cm³/mol. The number of amides is 2. The number of hydrogen-bond donors (Lipinski definition) is 1. The summed E-state index contributed by atoms with van der Waals surface area (Å²) in [4.78, 5) is 31.0. The zero-order valence-electron chi connectivity index (χ0n) is 14.4. The number of nitrogens with one attached hydrogen (secondary N) is 1. The van der Waals surface area contributed by atoms with E-state index in [1.807, 2.05) is 30.3 Å². The topological polar surface area (TPSA) is 62.3 Å². The molecule has 2 aromatic carbocycles. The Kier molecular flexibility index (Phi) is 4.73. The van der Waals surface area contributed by atoms with E-state index in [0.717, 1.165) is 22.1 Å².